The molecule has 0 aliphatic heterocycles. The molecule has 5 nitrogen and oxygen atoms in total. The van der Waals surface area contributed by atoms with Gasteiger partial charge in [0.25, 0.3) is 0 Å². The van der Waals surface area contributed by atoms with Gasteiger partial charge in [-0.3, -0.25) is 9.59 Å². The second kappa shape index (κ2) is 7.26. The van der Waals surface area contributed by atoms with Gasteiger partial charge in [0.15, 0.2) is 0 Å². The molecule has 0 unspecified atom stereocenters. The molecule has 3 N–H and O–H groups in total. The van der Waals surface area contributed by atoms with Crippen LogP contribution in [-0.4, -0.2) is 31.4 Å². The van der Waals surface area contributed by atoms with Gasteiger partial charge in [-0.1, -0.05) is 23.7 Å². The smallest absolute Gasteiger partial charge is 0.238 e. The van der Waals surface area contributed by atoms with Gasteiger partial charge < -0.3 is 16.0 Å². The lowest BCUT2D eigenvalue weighted by molar-refractivity contribution is -0.122. The number of rotatable bonds is 7. The van der Waals surface area contributed by atoms with Gasteiger partial charge in [0.2, 0.25) is 11.8 Å². The highest BCUT2D eigenvalue weighted by Gasteiger charge is 2.28. The minimum absolute atomic E-state index is 0.118. The van der Waals surface area contributed by atoms with Crippen molar-refractivity contribution in [3.8, 4) is 0 Å². The summed E-state index contributed by atoms with van der Waals surface area (Å²) in [5.74, 6) is 0.178. The highest BCUT2D eigenvalue weighted by Crippen LogP contribution is 2.28. The summed E-state index contributed by atoms with van der Waals surface area (Å²) < 4.78 is 0. The predicted octanol–water partition coefficient (Wildman–Crippen LogP) is 1.39. The number of halogens is 1. The van der Waals surface area contributed by atoms with Crippen molar-refractivity contribution in [1.29, 1.82) is 0 Å². The van der Waals surface area contributed by atoms with Crippen LogP contribution in [0.4, 0.5) is 5.69 Å². The van der Waals surface area contributed by atoms with Crippen molar-refractivity contribution in [2.45, 2.75) is 12.8 Å². The van der Waals surface area contributed by atoms with Crippen molar-refractivity contribution in [3.05, 3.63) is 29.3 Å². The van der Waals surface area contributed by atoms with Gasteiger partial charge in [-0.2, -0.15) is 0 Å². The monoisotopic (exact) mass is 295 g/mol. The fourth-order valence-corrected chi connectivity index (χ4v) is 1.91. The third kappa shape index (κ3) is 4.83. The average Bonchev–Trinajstić information content (AvgIpc) is 3.25. The number of nitrogens with one attached hydrogen (secondary N) is 3. The second-order valence-electron chi connectivity index (χ2n) is 4.77. The lowest BCUT2D eigenvalue weighted by Gasteiger charge is -2.08. The van der Waals surface area contributed by atoms with E-state index in [0.717, 1.165) is 12.8 Å². The first-order valence-corrected chi connectivity index (χ1v) is 7.07. The van der Waals surface area contributed by atoms with Gasteiger partial charge in [-0.25, -0.2) is 0 Å². The highest BCUT2D eigenvalue weighted by molar-refractivity contribution is 6.33. The normalized spacial score (nSPS) is 13.8. The fraction of sp³-hybridized carbons (Fsp3) is 0.429. The molecule has 0 heterocycles. The van der Waals surface area contributed by atoms with E-state index in [1.54, 1.807) is 18.2 Å². The summed E-state index contributed by atoms with van der Waals surface area (Å²) in [7, 11) is 0. The van der Waals surface area contributed by atoms with Crippen LogP contribution in [0.1, 0.15) is 12.8 Å². The number of carbonyl (C=O) groups is 2. The van der Waals surface area contributed by atoms with Crippen molar-refractivity contribution < 1.29 is 9.59 Å². The molecule has 0 aromatic heterocycles. The van der Waals surface area contributed by atoms with Gasteiger partial charge in [0.05, 0.1) is 17.3 Å². The summed E-state index contributed by atoms with van der Waals surface area (Å²) in [5, 5.41) is 9.02. The third-order valence-corrected chi connectivity index (χ3v) is 3.31. The molecular weight excluding hydrogens is 278 g/mol. The highest BCUT2D eigenvalue weighted by atomic mass is 35.5. The number of hydrogen-bond donors (Lipinski definition) is 3. The van der Waals surface area contributed by atoms with E-state index in [0.29, 0.717) is 23.8 Å². The summed E-state index contributed by atoms with van der Waals surface area (Å²) in [6.07, 6.45) is 2.00. The van der Waals surface area contributed by atoms with Crippen LogP contribution in [0.2, 0.25) is 5.02 Å². The van der Waals surface area contributed by atoms with Crippen molar-refractivity contribution in [2.24, 2.45) is 5.92 Å². The number of hydrogen-bond acceptors (Lipinski definition) is 3. The molecule has 2 rings (SSSR count). The molecule has 6 heteroatoms. The summed E-state index contributed by atoms with van der Waals surface area (Å²) in [5.41, 5.74) is 0.600. The van der Waals surface area contributed by atoms with Gasteiger partial charge in [0.1, 0.15) is 0 Å². The van der Waals surface area contributed by atoms with Crippen LogP contribution in [-0.2, 0) is 9.59 Å². The Morgan fingerprint density at radius 2 is 1.95 bits per heavy atom. The largest absolute Gasteiger partial charge is 0.355 e. The predicted molar refractivity (Wildman–Crippen MR) is 78.7 cm³/mol. The van der Waals surface area contributed by atoms with E-state index in [2.05, 4.69) is 16.0 Å². The van der Waals surface area contributed by atoms with Gasteiger partial charge in [-0.05, 0) is 25.0 Å². The van der Waals surface area contributed by atoms with E-state index in [9.17, 15) is 9.59 Å². The molecule has 0 radical (unpaired) electrons. The minimum atomic E-state index is -0.161. The first kappa shape index (κ1) is 14.8. The zero-order valence-electron chi connectivity index (χ0n) is 11.1. The Labute approximate surface area is 123 Å². The van der Waals surface area contributed by atoms with E-state index in [4.69, 9.17) is 11.6 Å². The van der Waals surface area contributed by atoms with Crippen LogP contribution in [0, 0.1) is 5.92 Å². The molecule has 1 saturated carbocycles. The van der Waals surface area contributed by atoms with Crippen molar-refractivity contribution >= 4 is 29.1 Å². The zero-order chi connectivity index (χ0) is 14.4. The molecule has 20 heavy (non-hydrogen) atoms. The van der Waals surface area contributed by atoms with Crippen LogP contribution >= 0.6 is 11.6 Å². The Hall–Kier alpha value is -1.59. The molecule has 0 bridgehead atoms. The molecule has 0 spiro atoms. The number of para-hydroxylation sites is 1. The van der Waals surface area contributed by atoms with Gasteiger partial charge >= 0.3 is 0 Å². The maximum absolute atomic E-state index is 11.7. The maximum Gasteiger partial charge on any atom is 0.238 e. The SMILES string of the molecule is O=C(CNCCNC(=O)C1CC1)Nc1ccccc1Cl. The molecule has 0 saturated heterocycles. The Kier molecular flexibility index (Phi) is 5.38. The van der Waals surface area contributed by atoms with Gasteiger partial charge in [0, 0.05) is 19.0 Å². The molecule has 0 atom stereocenters. The molecule has 2 amide bonds. The average molecular weight is 296 g/mol. The zero-order valence-corrected chi connectivity index (χ0v) is 11.9. The number of benzene rings is 1. The van der Waals surface area contributed by atoms with Crippen molar-refractivity contribution in [1.82, 2.24) is 10.6 Å². The van der Waals surface area contributed by atoms with Gasteiger partial charge in [-0.15, -0.1) is 0 Å². The lowest BCUT2D eigenvalue weighted by Crippen LogP contribution is -2.36. The van der Waals surface area contributed by atoms with E-state index in [1.807, 2.05) is 6.07 Å². The number of carbonyl (C=O) groups excluding carboxylic acids is 2. The molecule has 1 aliphatic carbocycles. The van der Waals surface area contributed by atoms with Crippen LogP contribution in [0.3, 0.4) is 0 Å². The topological polar surface area (TPSA) is 70.2 Å². The van der Waals surface area contributed by atoms with Crippen LogP contribution in [0.5, 0.6) is 0 Å². The van der Waals surface area contributed by atoms with E-state index in [1.165, 1.54) is 0 Å². The maximum atomic E-state index is 11.7. The van der Waals surface area contributed by atoms with E-state index in [-0.39, 0.29) is 24.3 Å². The van der Waals surface area contributed by atoms with E-state index < -0.39 is 0 Å². The first-order valence-electron chi connectivity index (χ1n) is 6.69. The van der Waals surface area contributed by atoms with Crippen LogP contribution in [0.15, 0.2) is 24.3 Å². The third-order valence-electron chi connectivity index (χ3n) is 2.98. The standard InChI is InChI=1S/C14H18ClN3O2/c15-11-3-1-2-4-12(11)18-13(19)9-16-7-8-17-14(20)10-5-6-10/h1-4,10,16H,5-9H2,(H,17,20)(H,18,19). The van der Waals surface area contributed by atoms with E-state index >= 15 is 0 Å². The molecule has 1 aliphatic rings. The summed E-state index contributed by atoms with van der Waals surface area (Å²) in [4.78, 5) is 23.0. The Morgan fingerprint density at radius 3 is 2.65 bits per heavy atom. The first-order chi connectivity index (χ1) is 9.66. The Bertz CT molecular complexity index is 489. The quantitative estimate of drug-likeness (QED) is 0.666. The summed E-state index contributed by atoms with van der Waals surface area (Å²) in [6.45, 7) is 1.29. The lowest BCUT2D eigenvalue weighted by atomic mass is 10.3. The molecular formula is C14H18ClN3O2. The van der Waals surface area contributed by atoms with Crippen LogP contribution in [0.25, 0.3) is 0 Å². The number of anilines is 1. The minimum Gasteiger partial charge on any atom is -0.355 e. The summed E-state index contributed by atoms with van der Waals surface area (Å²) in [6, 6.07) is 7.08. The van der Waals surface area contributed by atoms with Crippen molar-refractivity contribution in [3.63, 3.8) is 0 Å². The van der Waals surface area contributed by atoms with Crippen molar-refractivity contribution in [2.75, 3.05) is 25.0 Å². The molecule has 1 fully saturated rings. The number of amides is 2. The molecule has 1 aromatic rings. The molecule has 108 valence electrons. The molecule has 1 aromatic carbocycles. The second-order valence-corrected chi connectivity index (χ2v) is 5.18. The Balaban J connectivity index is 1.58. The fourth-order valence-electron chi connectivity index (χ4n) is 1.72. The Morgan fingerprint density at radius 1 is 1.20 bits per heavy atom. The summed E-state index contributed by atoms with van der Waals surface area (Å²) >= 11 is 5.94. The van der Waals surface area contributed by atoms with Crippen LogP contribution < -0.4 is 16.0 Å².